The van der Waals surface area contributed by atoms with Gasteiger partial charge in [-0.05, 0) is 89.5 Å². The van der Waals surface area contributed by atoms with Gasteiger partial charge in [-0.15, -0.1) is 5.04 Å². The number of nitrogens with zero attached hydrogens (tertiary/aromatic N) is 3. The molecule has 0 bridgehead atoms. The van der Waals surface area contributed by atoms with E-state index in [0.29, 0.717) is 0 Å². The molecule has 0 aliphatic heterocycles. The van der Waals surface area contributed by atoms with E-state index in [1.54, 1.807) is 0 Å². The predicted octanol–water partition coefficient (Wildman–Crippen LogP) is 26.0. The van der Waals surface area contributed by atoms with Gasteiger partial charge in [0.15, 0.2) is 0 Å². The van der Waals surface area contributed by atoms with Crippen molar-refractivity contribution in [3.8, 4) is 34.0 Å². The predicted molar refractivity (Wildman–Crippen MR) is 497 cm³/mol. The Morgan fingerprint density at radius 2 is 0.767 bits per heavy atom. The third-order valence-corrected chi connectivity index (χ3v) is 34.9. The number of nitrogens with one attached hydrogen (secondary N) is 1. The molecule has 0 fully saturated rings. The third-order valence-electron chi connectivity index (χ3n) is 24.8. The Bertz CT molecular complexity index is 7180. The molecule has 0 aliphatic carbocycles. The Hall–Kier alpha value is -13.8. The van der Waals surface area contributed by atoms with Gasteiger partial charge in [-0.2, -0.15) is 10.4 Å². The molecule has 17 aromatic carbocycles. The molecule has 0 unspecified atom stereocenters. The molecule has 8 heteroatoms. The summed E-state index contributed by atoms with van der Waals surface area (Å²) < 4.78 is 17.9. The molecular formula is C108H84N4O2Si2-2. The van der Waals surface area contributed by atoms with Crippen LogP contribution in [0.2, 0.25) is 10.1 Å². The molecule has 6 nitrogen and oxygen atoms in total. The molecule has 4 heterocycles. The van der Waals surface area contributed by atoms with E-state index in [2.05, 4.69) is 424 Å². The van der Waals surface area contributed by atoms with Crippen molar-refractivity contribution in [3.05, 3.63) is 400 Å². The van der Waals surface area contributed by atoms with Gasteiger partial charge in [-0.25, -0.2) is 8.80 Å². The van der Waals surface area contributed by atoms with Crippen molar-refractivity contribution in [2.45, 2.75) is 51.1 Å². The van der Waals surface area contributed by atoms with E-state index in [9.17, 15) is 0 Å². The van der Waals surface area contributed by atoms with E-state index < -0.39 is 16.9 Å². The van der Waals surface area contributed by atoms with Crippen LogP contribution in [0, 0.1) is 0 Å². The van der Waals surface area contributed by atoms with Gasteiger partial charge in [-0.1, -0.05) is 159 Å². The van der Waals surface area contributed by atoms with Crippen LogP contribution in [-0.4, -0.2) is 26.0 Å². The normalized spacial score (nSPS) is 12.4. The van der Waals surface area contributed by atoms with Gasteiger partial charge in [0.1, 0.15) is 16.9 Å². The molecular weight excluding hydrogens is 1440 g/mol. The van der Waals surface area contributed by atoms with Gasteiger partial charge < -0.3 is 18.7 Å². The minimum absolute atomic E-state index is 0.0659. The Morgan fingerprint density at radius 1 is 0.336 bits per heavy atom. The van der Waals surface area contributed by atoms with Crippen molar-refractivity contribution in [1.29, 1.82) is 0 Å². The first-order valence-corrected chi connectivity index (χ1v) is 44.3. The minimum Gasteiger partial charge on any atom is -0.245 e. The smallest absolute Gasteiger partial charge is 0.0625 e. The van der Waals surface area contributed by atoms with Crippen LogP contribution in [0.15, 0.2) is 403 Å². The van der Waals surface area contributed by atoms with Gasteiger partial charge in [0.05, 0.1) is 11.0 Å². The van der Waals surface area contributed by atoms with Crippen molar-refractivity contribution >= 4 is 169 Å². The molecule has 21 rings (SSSR count). The van der Waals surface area contributed by atoms with E-state index >= 15 is 0 Å². The summed E-state index contributed by atoms with van der Waals surface area (Å²) in [5, 5.41) is 24.8. The number of anilines is 5. The molecule has 0 aliphatic rings. The molecule has 0 radical (unpaired) electrons. The number of aromatic nitrogens is 2. The average molecular weight is 1530 g/mol. The molecule has 558 valence electrons. The van der Waals surface area contributed by atoms with Crippen LogP contribution in [0.4, 0.5) is 28.4 Å². The fraction of sp³-hybridized carbons (Fsp3) is 0.0741. The van der Waals surface area contributed by atoms with Crippen molar-refractivity contribution in [2.75, 3.05) is 10.2 Å². The van der Waals surface area contributed by atoms with Crippen LogP contribution in [0.25, 0.3) is 132 Å². The zero-order valence-electron chi connectivity index (χ0n) is 65.5. The topological polar surface area (TPSA) is 51.4 Å². The molecule has 0 spiro atoms. The number of fused-ring (bicyclic) bond motifs is 13. The van der Waals surface area contributed by atoms with Crippen LogP contribution in [-0.2, 0) is 6.42 Å². The number of furan rings is 2. The summed E-state index contributed by atoms with van der Waals surface area (Å²) in [7, 11) is -4.60. The number of rotatable bonds is 17. The Labute approximate surface area is 677 Å². The molecule has 0 saturated heterocycles. The zero-order valence-corrected chi connectivity index (χ0v) is 67.6. The third kappa shape index (κ3) is 11.9. The van der Waals surface area contributed by atoms with Crippen molar-refractivity contribution in [2.24, 2.45) is 0 Å². The second kappa shape index (κ2) is 28.1. The molecule has 0 saturated carbocycles. The molecule has 0 atom stereocenters. The van der Waals surface area contributed by atoms with Gasteiger partial charge >= 0.3 is 318 Å². The fourth-order valence-corrected chi connectivity index (χ4v) is 29.6. The summed E-state index contributed by atoms with van der Waals surface area (Å²) in [5.74, 6) is 1.72. The summed E-state index contributed by atoms with van der Waals surface area (Å²) in [6, 6.07) is 147. The molecule has 116 heavy (non-hydrogen) atoms. The summed E-state index contributed by atoms with van der Waals surface area (Å²) in [4.78, 5) is 2.48. The molecule has 1 N–H and O–H groups in total. The molecule has 4 aromatic heterocycles. The number of benzene rings is 17. The largest absolute Gasteiger partial charge is 0.245 e. The first kappa shape index (κ1) is 70.1. The van der Waals surface area contributed by atoms with Crippen molar-refractivity contribution in [3.63, 3.8) is 0 Å². The monoisotopic (exact) mass is 1520 g/mol. The summed E-state index contributed by atoms with van der Waals surface area (Å²) in [6.45, 7) is 12.4. The van der Waals surface area contributed by atoms with Gasteiger partial charge in [0.2, 0.25) is 0 Å². The van der Waals surface area contributed by atoms with E-state index in [0.717, 1.165) is 129 Å². The van der Waals surface area contributed by atoms with Crippen LogP contribution in [0.5, 0.6) is 0 Å². The van der Waals surface area contributed by atoms with Crippen LogP contribution < -0.4 is 36.2 Å². The fourth-order valence-electron chi connectivity index (χ4n) is 19.7. The Balaban J connectivity index is 0.760. The van der Waals surface area contributed by atoms with Crippen molar-refractivity contribution in [1.82, 2.24) is 9.13 Å². The minimum atomic E-state index is -3.15. The maximum Gasteiger partial charge on any atom is -0.0625 e. The Morgan fingerprint density at radius 3 is 1.33 bits per heavy atom. The standard InChI is InChI=1S/C108H84N4O2Si2/c1-107(2,3)116(88-38-20-10-21-39-88,89-40-22-11-23-41-89)90-55-52-83(53-56-90)110(84-51-49-73-65-79(47-45-75(73)67-84)103-69-77-29-25-27-43-101(77)114-103)85-54-57-93-99(70-85)111(81-30-12-6-13-31-81)97-62-59-92-91(104(93)97)60-63-98-105(92)94-58-61-96(109-80-50-48-72-64-78(46-44-74(72)66-80)102-68-76-28-24-26-42-100(76)113-102)95(106(94)112(98)82-32-14-7-15-33-82)71-108(4,5)115(86-34-16-8-17-35-86)87-36-18-9-19-37-87/h6-70,109,116H,71H2,1-5H3/q-2. The van der Waals surface area contributed by atoms with Crippen LogP contribution in [0.3, 0.4) is 0 Å². The first-order valence-electron chi connectivity index (χ1n) is 40.5. The van der Waals surface area contributed by atoms with E-state index in [-0.39, 0.29) is 10.1 Å². The van der Waals surface area contributed by atoms with Crippen LogP contribution in [0.1, 0.15) is 40.2 Å². The van der Waals surface area contributed by atoms with E-state index in [4.69, 9.17) is 8.83 Å². The van der Waals surface area contributed by atoms with Gasteiger partial charge in [0.25, 0.3) is 0 Å². The van der Waals surface area contributed by atoms with Crippen molar-refractivity contribution < 1.29 is 8.83 Å². The van der Waals surface area contributed by atoms with Gasteiger partial charge in [-0.3, -0.25) is 0 Å². The average Bonchev–Trinajstić information content (AvgIpc) is 1.51. The molecule has 0 amide bonds. The maximum atomic E-state index is 6.45. The maximum absolute atomic E-state index is 6.45. The quantitative estimate of drug-likeness (QED) is 0.0729. The first-order chi connectivity index (χ1) is 56.9. The SMILES string of the molecule is CC(C)(Cc1c(Nc2ccc3cc(-c4cc5ccccc5o4)ccc3c2)ccc2c3c4ccc5c(c4ccc3n(-c3ccccc3)c12)c1ccc(N(c2ccc([SiH-](c3ccccc3)(c3ccccc3)C(C)(C)C)cc2)c2ccc3cc(-c4cc6ccccc6o4)ccc3c2)cc1n5-c1ccccc1)[Si-](c1ccccc1)c1ccccc1. The second-order valence-corrected chi connectivity index (χ2v) is 41.9. The van der Waals surface area contributed by atoms with Crippen LogP contribution >= 0.6 is 0 Å². The van der Waals surface area contributed by atoms with Gasteiger partial charge in [0, 0.05) is 44.2 Å². The molecule has 21 aromatic rings. The Kier molecular flexibility index (Phi) is 17.0. The number of hydrogen-bond donors (Lipinski definition) is 1. The summed E-state index contributed by atoms with van der Waals surface area (Å²) >= 11 is 0. The summed E-state index contributed by atoms with van der Waals surface area (Å²) in [6.07, 6.45) is 0.781. The van der Waals surface area contributed by atoms with E-state index in [1.807, 2.05) is 24.3 Å². The zero-order chi connectivity index (χ0) is 77.8. The number of hydrogen-bond acceptors (Lipinski definition) is 4. The van der Waals surface area contributed by atoms with E-state index in [1.165, 1.54) is 69.3 Å². The number of para-hydroxylation sites is 4. The second-order valence-electron chi connectivity index (χ2n) is 33.1. The summed E-state index contributed by atoms with van der Waals surface area (Å²) in [5.41, 5.74) is 17.3.